The van der Waals surface area contributed by atoms with Gasteiger partial charge in [-0.2, -0.15) is 0 Å². The van der Waals surface area contributed by atoms with Crippen molar-refractivity contribution in [2.45, 2.75) is 19.3 Å². The summed E-state index contributed by atoms with van der Waals surface area (Å²) < 4.78 is 24.4. The van der Waals surface area contributed by atoms with Crippen molar-refractivity contribution in [2.24, 2.45) is 5.92 Å². The Labute approximate surface area is 130 Å². The molecule has 3 rings (SSSR count). The number of alkyl halides is 2. The van der Waals surface area contributed by atoms with Crippen molar-refractivity contribution in [2.75, 3.05) is 24.5 Å². The van der Waals surface area contributed by atoms with E-state index >= 15 is 0 Å². The molecule has 1 fully saturated rings. The van der Waals surface area contributed by atoms with Gasteiger partial charge in [0.15, 0.2) is 0 Å². The summed E-state index contributed by atoms with van der Waals surface area (Å²) in [6.45, 7) is 0.717. The number of amides is 1. The summed E-state index contributed by atoms with van der Waals surface area (Å²) in [5.74, 6) is 0.231. The molecule has 1 N–H and O–H groups in total. The number of carbonyl (C=O) groups is 1. The first-order chi connectivity index (χ1) is 10.6. The van der Waals surface area contributed by atoms with Gasteiger partial charge in [0, 0.05) is 13.1 Å². The summed E-state index contributed by atoms with van der Waals surface area (Å²) in [5, 5.41) is 5.24. The number of fused-ring (bicyclic) bond motifs is 1. The standard InChI is InChI=1S/C14H16F2N4OS/c15-11(16)6-17-13(21)9-2-1-4-20(7-9)12-10-3-5-22-14(10)19-8-18-12/h3,5,8-9,11H,1-2,4,6-7H2,(H,17,21). The third kappa shape index (κ3) is 3.16. The van der Waals surface area contributed by atoms with E-state index in [1.165, 1.54) is 6.33 Å². The van der Waals surface area contributed by atoms with Crippen LogP contribution in [-0.4, -0.2) is 41.9 Å². The Hall–Kier alpha value is -1.83. The second-order valence-electron chi connectivity index (χ2n) is 5.26. The summed E-state index contributed by atoms with van der Waals surface area (Å²) in [6, 6.07) is 1.97. The number of carbonyl (C=O) groups excluding carboxylic acids is 1. The van der Waals surface area contributed by atoms with E-state index in [4.69, 9.17) is 0 Å². The van der Waals surface area contributed by atoms with Crippen LogP contribution in [0.15, 0.2) is 17.8 Å². The third-order valence-electron chi connectivity index (χ3n) is 3.76. The van der Waals surface area contributed by atoms with E-state index in [1.807, 2.05) is 16.3 Å². The Kier molecular flexibility index (Phi) is 4.47. The molecule has 0 bridgehead atoms. The van der Waals surface area contributed by atoms with Gasteiger partial charge in [-0.3, -0.25) is 4.79 Å². The van der Waals surface area contributed by atoms with Crippen molar-refractivity contribution in [3.8, 4) is 0 Å². The van der Waals surface area contributed by atoms with Gasteiger partial charge in [0.05, 0.1) is 17.8 Å². The minimum atomic E-state index is -2.52. The molecule has 0 aliphatic carbocycles. The van der Waals surface area contributed by atoms with Gasteiger partial charge in [-0.1, -0.05) is 0 Å². The maximum Gasteiger partial charge on any atom is 0.255 e. The van der Waals surface area contributed by atoms with Crippen LogP contribution in [0.4, 0.5) is 14.6 Å². The molecule has 1 aliphatic rings. The minimum absolute atomic E-state index is 0.281. The average Bonchev–Trinajstić information content (AvgIpc) is 3.01. The molecule has 3 heterocycles. The predicted octanol–water partition coefficient (Wildman–Crippen LogP) is 2.29. The molecule has 0 spiro atoms. The van der Waals surface area contributed by atoms with Crippen LogP contribution >= 0.6 is 11.3 Å². The van der Waals surface area contributed by atoms with E-state index < -0.39 is 13.0 Å². The number of piperidine rings is 1. The maximum absolute atomic E-state index is 12.2. The summed E-state index contributed by atoms with van der Waals surface area (Å²) >= 11 is 1.54. The molecule has 1 atom stereocenters. The quantitative estimate of drug-likeness (QED) is 0.936. The Balaban J connectivity index is 1.73. The van der Waals surface area contributed by atoms with E-state index in [-0.39, 0.29) is 11.8 Å². The summed E-state index contributed by atoms with van der Waals surface area (Å²) in [4.78, 5) is 23.5. The van der Waals surface area contributed by atoms with Crippen LogP contribution in [0.25, 0.3) is 10.2 Å². The smallest absolute Gasteiger partial charge is 0.255 e. The van der Waals surface area contributed by atoms with Crippen molar-refractivity contribution < 1.29 is 13.6 Å². The second kappa shape index (κ2) is 6.51. The largest absolute Gasteiger partial charge is 0.355 e. The summed E-state index contributed by atoms with van der Waals surface area (Å²) in [5.41, 5.74) is 0. The SMILES string of the molecule is O=C(NCC(F)F)C1CCCN(c2ncnc3sccc23)C1. The normalized spacial score (nSPS) is 18.9. The lowest BCUT2D eigenvalue weighted by atomic mass is 9.97. The molecular weight excluding hydrogens is 310 g/mol. The van der Waals surface area contributed by atoms with E-state index in [2.05, 4.69) is 15.3 Å². The van der Waals surface area contributed by atoms with E-state index in [9.17, 15) is 13.6 Å². The number of hydrogen-bond donors (Lipinski definition) is 1. The van der Waals surface area contributed by atoms with Crippen molar-refractivity contribution in [3.63, 3.8) is 0 Å². The van der Waals surface area contributed by atoms with Gasteiger partial charge in [-0.25, -0.2) is 18.7 Å². The maximum atomic E-state index is 12.2. The predicted molar refractivity (Wildman–Crippen MR) is 81.4 cm³/mol. The zero-order chi connectivity index (χ0) is 15.5. The first kappa shape index (κ1) is 15.1. The van der Waals surface area contributed by atoms with Crippen LogP contribution in [0, 0.1) is 5.92 Å². The number of halogens is 2. The Morgan fingerprint density at radius 1 is 1.50 bits per heavy atom. The monoisotopic (exact) mass is 326 g/mol. The lowest BCUT2D eigenvalue weighted by Crippen LogP contribution is -2.44. The van der Waals surface area contributed by atoms with Crippen LogP contribution in [0.1, 0.15) is 12.8 Å². The number of hydrogen-bond acceptors (Lipinski definition) is 5. The number of rotatable bonds is 4. The summed E-state index contributed by atoms with van der Waals surface area (Å²) in [7, 11) is 0. The van der Waals surface area contributed by atoms with Gasteiger partial charge < -0.3 is 10.2 Å². The highest BCUT2D eigenvalue weighted by molar-refractivity contribution is 7.16. The van der Waals surface area contributed by atoms with Gasteiger partial charge in [-0.05, 0) is 24.3 Å². The highest BCUT2D eigenvalue weighted by Crippen LogP contribution is 2.29. The highest BCUT2D eigenvalue weighted by atomic mass is 32.1. The lowest BCUT2D eigenvalue weighted by Gasteiger charge is -2.33. The van der Waals surface area contributed by atoms with Crippen molar-refractivity contribution >= 4 is 33.3 Å². The van der Waals surface area contributed by atoms with Gasteiger partial charge in [0.2, 0.25) is 5.91 Å². The van der Waals surface area contributed by atoms with Gasteiger partial charge in [0.1, 0.15) is 17.0 Å². The molecule has 2 aromatic rings. The first-order valence-corrected chi connectivity index (χ1v) is 8.02. The van der Waals surface area contributed by atoms with Gasteiger partial charge in [-0.15, -0.1) is 11.3 Å². The van der Waals surface area contributed by atoms with Crippen LogP contribution in [0.3, 0.4) is 0 Å². The van der Waals surface area contributed by atoms with Crippen molar-refractivity contribution in [1.82, 2.24) is 15.3 Å². The summed E-state index contributed by atoms with van der Waals surface area (Å²) in [6.07, 6.45) is 0.552. The second-order valence-corrected chi connectivity index (χ2v) is 6.15. The van der Waals surface area contributed by atoms with Crippen molar-refractivity contribution in [1.29, 1.82) is 0 Å². The number of nitrogens with zero attached hydrogens (tertiary/aromatic N) is 3. The molecule has 5 nitrogen and oxygen atoms in total. The first-order valence-electron chi connectivity index (χ1n) is 7.14. The average molecular weight is 326 g/mol. The molecular formula is C14H16F2N4OS. The van der Waals surface area contributed by atoms with Crippen LogP contribution in [-0.2, 0) is 4.79 Å². The Morgan fingerprint density at radius 3 is 3.18 bits per heavy atom. The fraction of sp³-hybridized carbons (Fsp3) is 0.500. The molecule has 118 valence electrons. The fourth-order valence-corrected chi connectivity index (χ4v) is 3.46. The van der Waals surface area contributed by atoms with E-state index in [0.717, 1.165) is 29.0 Å². The molecule has 1 amide bonds. The molecule has 0 aromatic carbocycles. The zero-order valence-electron chi connectivity index (χ0n) is 11.8. The third-order valence-corrected chi connectivity index (χ3v) is 4.58. The molecule has 8 heteroatoms. The molecule has 0 radical (unpaired) electrons. The van der Waals surface area contributed by atoms with E-state index in [1.54, 1.807) is 11.3 Å². The number of aromatic nitrogens is 2. The molecule has 2 aromatic heterocycles. The minimum Gasteiger partial charge on any atom is -0.355 e. The Bertz CT molecular complexity index is 663. The molecule has 1 saturated heterocycles. The van der Waals surface area contributed by atoms with Crippen LogP contribution in [0.5, 0.6) is 0 Å². The van der Waals surface area contributed by atoms with E-state index in [0.29, 0.717) is 13.0 Å². The fourth-order valence-electron chi connectivity index (χ4n) is 2.73. The molecule has 0 saturated carbocycles. The zero-order valence-corrected chi connectivity index (χ0v) is 12.7. The van der Waals surface area contributed by atoms with Gasteiger partial charge in [0.25, 0.3) is 6.43 Å². The number of anilines is 1. The lowest BCUT2D eigenvalue weighted by molar-refractivity contribution is -0.125. The molecule has 1 aliphatic heterocycles. The highest BCUT2D eigenvalue weighted by Gasteiger charge is 2.27. The number of nitrogens with one attached hydrogen (secondary N) is 1. The molecule has 22 heavy (non-hydrogen) atoms. The van der Waals surface area contributed by atoms with Crippen LogP contribution < -0.4 is 10.2 Å². The van der Waals surface area contributed by atoms with Crippen LogP contribution in [0.2, 0.25) is 0 Å². The van der Waals surface area contributed by atoms with Gasteiger partial charge >= 0.3 is 0 Å². The van der Waals surface area contributed by atoms with Crippen molar-refractivity contribution in [3.05, 3.63) is 17.8 Å². The Morgan fingerprint density at radius 2 is 2.36 bits per heavy atom. The topological polar surface area (TPSA) is 58.1 Å². The number of thiophene rings is 1. The molecule has 1 unspecified atom stereocenters.